The summed E-state index contributed by atoms with van der Waals surface area (Å²) in [6.45, 7) is 5.59. The van der Waals surface area contributed by atoms with Crippen LogP contribution in [0, 0.1) is 11.6 Å². The topological polar surface area (TPSA) is 18.5 Å². The van der Waals surface area contributed by atoms with Gasteiger partial charge in [-0.2, -0.15) is 0 Å². The fourth-order valence-corrected chi connectivity index (χ4v) is 3.86. The monoisotopic (exact) mass is 302 g/mol. The molecule has 0 bridgehead atoms. The molecule has 0 spiro atoms. The number of halogens is 2. The summed E-state index contributed by atoms with van der Waals surface area (Å²) in [4.78, 5) is 0. The molecule has 0 N–H and O–H groups in total. The van der Waals surface area contributed by atoms with E-state index < -0.39 is 20.9 Å². The van der Waals surface area contributed by atoms with Crippen LogP contribution >= 0.6 is 0 Å². The van der Waals surface area contributed by atoms with E-state index in [1.165, 1.54) is 12.1 Å². The van der Waals surface area contributed by atoms with Crippen LogP contribution in [-0.4, -0.2) is 22.5 Å². The molecule has 0 aliphatic heterocycles. The van der Waals surface area contributed by atoms with Crippen LogP contribution in [0.2, 0.25) is 6.04 Å². The highest BCUT2D eigenvalue weighted by Crippen LogP contribution is 2.14. The van der Waals surface area contributed by atoms with Gasteiger partial charge in [-0.25, -0.2) is 8.78 Å². The Morgan fingerprint density at radius 2 is 1.70 bits per heavy atom. The second-order valence-electron chi connectivity index (χ2n) is 4.80. The molecule has 5 heteroatoms. The molecule has 0 fully saturated rings. The Balaban J connectivity index is 2.38. The number of aryl methyl sites for hydroxylation is 1. The molecule has 0 aromatic heterocycles. The van der Waals surface area contributed by atoms with E-state index in [4.69, 9.17) is 8.85 Å². The van der Waals surface area contributed by atoms with Crippen LogP contribution in [0.5, 0.6) is 0 Å². The predicted molar refractivity (Wildman–Crippen MR) is 79.1 cm³/mol. The van der Waals surface area contributed by atoms with Crippen LogP contribution in [0.1, 0.15) is 38.7 Å². The second kappa shape index (κ2) is 10.0. The lowest BCUT2D eigenvalue weighted by Gasteiger charge is -2.16. The maximum Gasteiger partial charge on any atom is 0.321 e. The Labute approximate surface area is 121 Å². The van der Waals surface area contributed by atoms with Crippen molar-refractivity contribution in [1.29, 1.82) is 0 Å². The number of hydrogen-bond donors (Lipinski definition) is 0. The minimum Gasteiger partial charge on any atom is -0.397 e. The highest BCUT2D eigenvalue weighted by molar-refractivity contribution is 6.44. The van der Waals surface area contributed by atoms with E-state index in [1.54, 1.807) is 0 Å². The largest absolute Gasteiger partial charge is 0.397 e. The molecule has 0 heterocycles. The summed E-state index contributed by atoms with van der Waals surface area (Å²) in [5, 5.41) is 0. The quantitative estimate of drug-likeness (QED) is 0.609. The van der Waals surface area contributed by atoms with Gasteiger partial charge in [-0.05, 0) is 43.4 Å². The van der Waals surface area contributed by atoms with Crippen molar-refractivity contribution in [2.75, 3.05) is 13.2 Å². The van der Waals surface area contributed by atoms with Crippen LogP contribution in [0.3, 0.4) is 0 Å². The van der Waals surface area contributed by atoms with Gasteiger partial charge in [0.1, 0.15) is 11.6 Å². The van der Waals surface area contributed by atoms with Crippen LogP contribution in [0.4, 0.5) is 8.78 Å². The van der Waals surface area contributed by atoms with Crippen LogP contribution in [-0.2, 0) is 15.3 Å². The summed E-state index contributed by atoms with van der Waals surface area (Å²) < 4.78 is 37.8. The third-order valence-electron chi connectivity index (χ3n) is 2.92. The lowest BCUT2D eigenvalue weighted by atomic mass is 10.1. The average molecular weight is 302 g/mol. The summed E-state index contributed by atoms with van der Waals surface area (Å²) in [6.07, 6.45) is 3.37. The lowest BCUT2D eigenvalue weighted by Crippen LogP contribution is -2.24. The van der Waals surface area contributed by atoms with Crippen molar-refractivity contribution in [3.8, 4) is 0 Å². The van der Waals surface area contributed by atoms with Crippen LogP contribution in [0.15, 0.2) is 18.2 Å². The van der Waals surface area contributed by atoms with Crippen LogP contribution in [0.25, 0.3) is 0 Å². The normalized spacial score (nSPS) is 11.2. The Morgan fingerprint density at radius 1 is 1.05 bits per heavy atom. The fourth-order valence-electron chi connectivity index (χ4n) is 1.90. The second-order valence-corrected chi connectivity index (χ2v) is 6.90. The van der Waals surface area contributed by atoms with Crippen molar-refractivity contribution in [3.63, 3.8) is 0 Å². The third kappa shape index (κ3) is 6.59. The first-order valence-electron chi connectivity index (χ1n) is 7.34. The Kier molecular flexibility index (Phi) is 8.65. The van der Waals surface area contributed by atoms with Crippen molar-refractivity contribution in [2.45, 2.75) is 45.6 Å². The molecular weight excluding hydrogens is 278 g/mol. The van der Waals surface area contributed by atoms with Gasteiger partial charge in [-0.1, -0.05) is 19.9 Å². The van der Waals surface area contributed by atoms with E-state index in [0.717, 1.165) is 44.6 Å². The molecule has 2 nitrogen and oxygen atoms in total. The number of benzene rings is 1. The molecule has 0 amide bonds. The Morgan fingerprint density at radius 3 is 2.25 bits per heavy atom. The summed E-state index contributed by atoms with van der Waals surface area (Å²) in [7, 11) is -1.63. The standard InChI is InChI=1S/C15H24F2O2Si/c1-3-9-18-20(19-10-4-2)11-5-6-13-7-8-14(16)12-15(13)17/h7-8,12,20H,3-6,9-11H2,1-2H3. The zero-order valence-electron chi connectivity index (χ0n) is 12.3. The van der Waals surface area contributed by atoms with E-state index in [1.807, 2.05) is 0 Å². The van der Waals surface area contributed by atoms with Gasteiger partial charge in [0.25, 0.3) is 0 Å². The van der Waals surface area contributed by atoms with E-state index in [2.05, 4.69) is 13.8 Å². The van der Waals surface area contributed by atoms with Gasteiger partial charge in [0.05, 0.1) is 0 Å². The van der Waals surface area contributed by atoms with E-state index >= 15 is 0 Å². The van der Waals surface area contributed by atoms with Crippen molar-refractivity contribution in [2.24, 2.45) is 0 Å². The van der Waals surface area contributed by atoms with Crippen LogP contribution < -0.4 is 0 Å². The molecule has 1 rings (SSSR count). The SMILES string of the molecule is CCCO[SiH](CCCc1ccc(F)cc1F)OCCC. The van der Waals surface area contributed by atoms with Crippen molar-refractivity contribution >= 4 is 9.28 Å². The lowest BCUT2D eigenvalue weighted by molar-refractivity contribution is 0.196. The van der Waals surface area contributed by atoms with E-state index in [-0.39, 0.29) is 0 Å². The smallest absolute Gasteiger partial charge is 0.321 e. The highest BCUT2D eigenvalue weighted by atomic mass is 28.3. The first-order valence-corrected chi connectivity index (χ1v) is 9.10. The maximum absolute atomic E-state index is 13.5. The molecule has 1 aromatic rings. The van der Waals surface area contributed by atoms with Crippen molar-refractivity contribution in [1.82, 2.24) is 0 Å². The Bertz CT molecular complexity index is 380. The highest BCUT2D eigenvalue weighted by Gasteiger charge is 2.13. The minimum atomic E-state index is -1.63. The van der Waals surface area contributed by atoms with Crippen molar-refractivity contribution < 1.29 is 17.6 Å². The van der Waals surface area contributed by atoms with Gasteiger partial charge in [-0.15, -0.1) is 0 Å². The zero-order chi connectivity index (χ0) is 14.8. The zero-order valence-corrected chi connectivity index (χ0v) is 13.5. The summed E-state index contributed by atoms with van der Waals surface area (Å²) in [5.41, 5.74) is 0.560. The molecule has 0 aliphatic rings. The average Bonchev–Trinajstić information content (AvgIpc) is 2.43. The Hall–Kier alpha value is -0.783. The van der Waals surface area contributed by atoms with Crippen molar-refractivity contribution in [3.05, 3.63) is 35.4 Å². The van der Waals surface area contributed by atoms with Gasteiger partial charge >= 0.3 is 9.28 Å². The summed E-state index contributed by atoms with van der Waals surface area (Å²) in [6, 6.07) is 4.61. The van der Waals surface area contributed by atoms with Gasteiger partial charge in [0.2, 0.25) is 0 Å². The maximum atomic E-state index is 13.5. The molecule has 0 unspecified atom stereocenters. The molecule has 20 heavy (non-hydrogen) atoms. The molecule has 0 atom stereocenters. The number of rotatable bonds is 10. The number of hydrogen-bond acceptors (Lipinski definition) is 2. The molecule has 0 aliphatic carbocycles. The third-order valence-corrected chi connectivity index (χ3v) is 5.01. The molecule has 1 aromatic carbocycles. The molecule has 0 saturated carbocycles. The molecular formula is C15H24F2O2Si. The molecule has 114 valence electrons. The minimum absolute atomic E-state index is 0.466. The predicted octanol–water partition coefficient (Wildman–Crippen LogP) is 3.97. The summed E-state index contributed by atoms with van der Waals surface area (Å²) in [5.74, 6) is -0.997. The molecule has 0 saturated heterocycles. The first-order chi connectivity index (χ1) is 9.67. The van der Waals surface area contributed by atoms with Gasteiger partial charge in [0.15, 0.2) is 0 Å². The van der Waals surface area contributed by atoms with Gasteiger partial charge in [-0.3, -0.25) is 0 Å². The van der Waals surface area contributed by atoms with Gasteiger partial charge < -0.3 is 8.85 Å². The first kappa shape index (κ1) is 17.3. The fraction of sp³-hybridized carbons (Fsp3) is 0.600. The van der Waals surface area contributed by atoms with E-state index in [9.17, 15) is 8.78 Å². The van der Waals surface area contributed by atoms with Gasteiger partial charge in [0, 0.05) is 19.3 Å². The summed E-state index contributed by atoms with van der Waals surface area (Å²) >= 11 is 0. The van der Waals surface area contributed by atoms with E-state index in [0.29, 0.717) is 12.0 Å². The molecule has 0 radical (unpaired) electrons.